The SMILES string of the molecule is CC1Cc2c(Cl)ccc(Cl)c2C1Cl. The van der Waals surface area contributed by atoms with E-state index in [0.29, 0.717) is 5.92 Å². The van der Waals surface area contributed by atoms with E-state index in [2.05, 4.69) is 6.92 Å². The van der Waals surface area contributed by atoms with Crippen molar-refractivity contribution in [2.45, 2.75) is 18.7 Å². The molecule has 0 radical (unpaired) electrons. The molecule has 0 amide bonds. The maximum atomic E-state index is 6.23. The summed E-state index contributed by atoms with van der Waals surface area (Å²) in [4.78, 5) is 0. The minimum atomic E-state index is 0.0150. The van der Waals surface area contributed by atoms with Crippen LogP contribution in [0.2, 0.25) is 10.0 Å². The van der Waals surface area contributed by atoms with Crippen LogP contribution in [0.25, 0.3) is 0 Å². The monoisotopic (exact) mass is 234 g/mol. The van der Waals surface area contributed by atoms with Gasteiger partial charge in [0.1, 0.15) is 0 Å². The highest BCUT2D eigenvalue weighted by atomic mass is 35.5. The molecule has 0 nitrogen and oxygen atoms in total. The highest BCUT2D eigenvalue weighted by molar-refractivity contribution is 6.35. The average molecular weight is 236 g/mol. The molecule has 0 saturated carbocycles. The Balaban J connectivity index is 2.61. The molecule has 2 atom stereocenters. The molecule has 0 spiro atoms. The Hall–Kier alpha value is 0.0900. The number of rotatable bonds is 0. The molecule has 1 aliphatic carbocycles. The summed E-state index contributed by atoms with van der Waals surface area (Å²) < 4.78 is 0. The zero-order valence-corrected chi connectivity index (χ0v) is 9.42. The zero-order valence-electron chi connectivity index (χ0n) is 7.15. The number of halogens is 3. The van der Waals surface area contributed by atoms with Crippen LogP contribution in [0.1, 0.15) is 23.4 Å². The van der Waals surface area contributed by atoms with Crippen LogP contribution in [0, 0.1) is 5.92 Å². The summed E-state index contributed by atoms with van der Waals surface area (Å²) in [7, 11) is 0. The fourth-order valence-electron chi connectivity index (χ4n) is 1.83. The highest BCUT2D eigenvalue weighted by Crippen LogP contribution is 2.46. The third kappa shape index (κ3) is 1.45. The van der Waals surface area contributed by atoms with Gasteiger partial charge in [0.25, 0.3) is 0 Å². The Labute approximate surface area is 92.8 Å². The lowest BCUT2D eigenvalue weighted by Gasteiger charge is -2.08. The predicted molar refractivity (Wildman–Crippen MR) is 57.9 cm³/mol. The van der Waals surface area contributed by atoms with Gasteiger partial charge in [-0.3, -0.25) is 0 Å². The second-order valence-corrected chi connectivity index (χ2v) is 4.79. The number of benzene rings is 1. The van der Waals surface area contributed by atoms with Crippen molar-refractivity contribution >= 4 is 34.8 Å². The van der Waals surface area contributed by atoms with Crippen molar-refractivity contribution in [3.05, 3.63) is 33.3 Å². The second kappa shape index (κ2) is 3.34. The van der Waals surface area contributed by atoms with E-state index in [4.69, 9.17) is 34.8 Å². The normalized spacial score (nSPS) is 26.2. The largest absolute Gasteiger partial charge is 0.117 e. The van der Waals surface area contributed by atoms with Gasteiger partial charge >= 0.3 is 0 Å². The van der Waals surface area contributed by atoms with Crippen LogP contribution in [0.5, 0.6) is 0 Å². The summed E-state index contributed by atoms with van der Waals surface area (Å²) >= 11 is 18.3. The summed E-state index contributed by atoms with van der Waals surface area (Å²) in [5.41, 5.74) is 2.16. The maximum absolute atomic E-state index is 6.23. The van der Waals surface area contributed by atoms with E-state index in [1.165, 1.54) is 0 Å². The lowest BCUT2D eigenvalue weighted by molar-refractivity contribution is 0.609. The molecule has 1 aromatic carbocycles. The molecule has 2 unspecified atom stereocenters. The Bertz CT molecular complexity index is 346. The van der Waals surface area contributed by atoms with Crippen LogP contribution in [-0.2, 0) is 6.42 Å². The van der Waals surface area contributed by atoms with Crippen LogP contribution >= 0.6 is 34.8 Å². The van der Waals surface area contributed by atoms with Gasteiger partial charge in [0, 0.05) is 10.0 Å². The summed E-state index contributed by atoms with van der Waals surface area (Å²) in [5, 5.41) is 1.54. The van der Waals surface area contributed by atoms with Crippen LogP contribution < -0.4 is 0 Å². The van der Waals surface area contributed by atoms with Crippen molar-refractivity contribution in [1.29, 1.82) is 0 Å². The summed E-state index contributed by atoms with van der Waals surface area (Å²) in [6, 6.07) is 3.65. The molecular formula is C10H9Cl3. The van der Waals surface area contributed by atoms with Gasteiger partial charge in [-0.05, 0) is 35.6 Å². The molecule has 0 aromatic heterocycles. The number of hydrogen-bond acceptors (Lipinski definition) is 0. The lowest BCUT2D eigenvalue weighted by atomic mass is 10.1. The average Bonchev–Trinajstić information content (AvgIpc) is 2.38. The van der Waals surface area contributed by atoms with Gasteiger partial charge in [-0.15, -0.1) is 11.6 Å². The van der Waals surface area contributed by atoms with Crippen LogP contribution in [-0.4, -0.2) is 0 Å². The first-order valence-electron chi connectivity index (χ1n) is 4.22. The van der Waals surface area contributed by atoms with Crippen molar-refractivity contribution in [2.24, 2.45) is 5.92 Å². The van der Waals surface area contributed by atoms with Gasteiger partial charge < -0.3 is 0 Å². The first-order chi connectivity index (χ1) is 6.11. The zero-order chi connectivity index (χ0) is 9.59. The molecule has 0 N–H and O–H groups in total. The first kappa shape index (κ1) is 9.64. The van der Waals surface area contributed by atoms with E-state index in [9.17, 15) is 0 Å². The molecule has 0 bridgehead atoms. The molecule has 0 saturated heterocycles. The van der Waals surface area contributed by atoms with E-state index >= 15 is 0 Å². The smallest absolute Gasteiger partial charge is 0.0631 e. The van der Waals surface area contributed by atoms with Crippen molar-refractivity contribution in [3.8, 4) is 0 Å². The second-order valence-electron chi connectivity index (χ2n) is 3.50. The third-order valence-electron chi connectivity index (χ3n) is 2.55. The maximum Gasteiger partial charge on any atom is 0.0631 e. The Kier molecular flexibility index (Phi) is 2.48. The molecule has 70 valence electrons. The molecule has 2 rings (SSSR count). The summed E-state index contributed by atoms with van der Waals surface area (Å²) in [6.45, 7) is 2.12. The molecule has 1 aromatic rings. The van der Waals surface area contributed by atoms with Crippen LogP contribution in [0.3, 0.4) is 0 Å². The molecular weight excluding hydrogens is 226 g/mol. The Morgan fingerprint density at radius 3 is 2.46 bits per heavy atom. The Morgan fingerprint density at radius 1 is 1.23 bits per heavy atom. The Morgan fingerprint density at radius 2 is 1.85 bits per heavy atom. The van der Waals surface area contributed by atoms with Gasteiger partial charge in [0.2, 0.25) is 0 Å². The van der Waals surface area contributed by atoms with Crippen molar-refractivity contribution in [1.82, 2.24) is 0 Å². The van der Waals surface area contributed by atoms with Crippen LogP contribution in [0.15, 0.2) is 12.1 Å². The van der Waals surface area contributed by atoms with E-state index in [0.717, 1.165) is 27.6 Å². The number of alkyl halides is 1. The predicted octanol–water partition coefficient (Wildman–Crippen LogP) is 4.47. The first-order valence-corrected chi connectivity index (χ1v) is 5.41. The molecule has 3 heteroatoms. The molecule has 0 aliphatic heterocycles. The van der Waals surface area contributed by atoms with Gasteiger partial charge in [-0.25, -0.2) is 0 Å². The van der Waals surface area contributed by atoms with Gasteiger partial charge in [0.05, 0.1) is 5.38 Å². The number of hydrogen-bond donors (Lipinski definition) is 0. The fourth-order valence-corrected chi connectivity index (χ4v) is 2.76. The van der Waals surface area contributed by atoms with Crippen molar-refractivity contribution in [3.63, 3.8) is 0 Å². The quantitative estimate of drug-likeness (QED) is 0.582. The molecule has 1 aliphatic rings. The summed E-state index contributed by atoms with van der Waals surface area (Å²) in [6.07, 6.45) is 0.933. The van der Waals surface area contributed by atoms with Crippen molar-refractivity contribution in [2.75, 3.05) is 0 Å². The topological polar surface area (TPSA) is 0 Å². The van der Waals surface area contributed by atoms with E-state index in [-0.39, 0.29) is 5.38 Å². The van der Waals surface area contributed by atoms with Gasteiger partial charge in [-0.1, -0.05) is 30.1 Å². The van der Waals surface area contributed by atoms with Gasteiger partial charge in [-0.2, -0.15) is 0 Å². The molecule has 0 fully saturated rings. The van der Waals surface area contributed by atoms with E-state index in [1.807, 2.05) is 12.1 Å². The third-order valence-corrected chi connectivity index (χ3v) is 3.88. The standard InChI is InChI=1S/C10H9Cl3/c1-5-4-6-7(11)2-3-8(12)9(6)10(5)13/h2-3,5,10H,4H2,1H3. The van der Waals surface area contributed by atoms with Crippen molar-refractivity contribution < 1.29 is 0 Å². The summed E-state index contributed by atoms with van der Waals surface area (Å²) in [5.74, 6) is 0.425. The molecule has 13 heavy (non-hydrogen) atoms. The lowest BCUT2D eigenvalue weighted by Crippen LogP contribution is -1.94. The number of fused-ring (bicyclic) bond motifs is 1. The fraction of sp³-hybridized carbons (Fsp3) is 0.400. The molecule has 0 heterocycles. The highest BCUT2D eigenvalue weighted by Gasteiger charge is 2.31. The van der Waals surface area contributed by atoms with E-state index < -0.39 is 0 Å². The minimum absolute atomic E-state index is 0.0150. The van der Waals surface area contributed by atoms with E-state index in [1.54, 1.807) is 0 Å². The van der Waals surface area contributed by atoms with Gasteiger partial charge in [0.15, 0.2) is 0 Å². The van der Waals surface area contributed by atoms with Crippen LogP contribution in [0.4, 0.5) is 0 Å². The minimum Gasteiger partial charge on any atom is -0.117 e.